The molecule has 1 unspecified atom stereocenters. The fourth-order valence-corrected chi connectivity index (χ4v) is 4.90. The van der Waals surface area contributed by atoms with E-state index >= 15 is 0 Å². The van der Waals surface area contributed by atoms with Gasteiger partial charge >= 0.3 is 0 Å². The topological polar surface area (TPSA) is 47.8 Å². The Kier molecular flexibility index (Phi) is 7.31. The first kappa shape index (κ1) is 20.8. The van der Waals surface area contributed by atoms with Gasteiger partial charge in [-0.15, -0.1) is 0 Å². The Morgan fingerprint density at radius 1 is 1.19 bits per heavy atom. The summed E-state index contributed by atoms with van der Waals surface area (Å²) in [5.74, 6) is 0. The number of aromatic nitrogens is 2. The van der Waals surface area contributed by atoms with Crippen LogP contribution in [0.25, 0.3) is 0 Å². The average molecular weight is 378 g/mol. The summed E-state index contributed by atoms with van der Waals surface area (Å²) in [6.07, 6.45) is 5.45. The lowest BCUT2D eigenvalue weighted by Gasteiger charge is -2.48. The highest BCUT2D eigenvalue weighted by Crippen LogP contribution is 2.25. The van der Waals surface area contributed by atoms with Crippen LogP contribution >= 0.6 is 0 Å². The highest BCUT2D eigenvalue weighted by molar-refractivity contribution is 5.16. The summed E-state index contributed by atoms with van der Waals surface area (Å²) in [5, 5.41) is 14.1. The zero-order valence-electron chi connectivity index (χ0n) is 17.8. The first-order valence-electron chi connectivity index (χ1n) is 10.9. The minimum absolute atomic E-state index is 0.284. The lowest BCUT2D eigenvalue weighted by molar-refractivity contribution is -0.0000856. The summed E-state index contributed by atoms with van der Waals surface area (Å²) in [7, 11) is 0. The maximum atomic E-state index is 9.64. The molecule has 1 aromatic rings. The quantitative estimate of drug-likeness (QED) is 0.787. The fourth-order valence-electron chi connectivity index (χ4n) is 4.90. The summed E-state index contributed by atoms with van der Waals surface area (Å²) in [4.78, 5) is 7.87. The molecule has 6 nitrogen and oxygen atoms in total. The zero-order chi connectivity index (χ0) is 19.4. The second-order valence-electron chi connectivity index (χ2n) is 8.57. The van der Waals surface area contributed by atoms with Crippen molar-refractivity contribution in [2.24, 2.45) is 0 Å². The third-order valence-electron chi connectivity index (χ3n) is 6.67. The Balaban J connectivity index is 1.59. The van der Waals surface area contributed by atoms with Crippen molar-refractivity contribution in [3.8, 4) is 0 Å². The Morgan fingerprint density at radius 2 is 1.93 bits per heavy atom. The lowest BCUT2D eigenvalue weighted by atomic mass is 9.97. The summed E-state index contributed by atoms with van der Waals surface area (Å²) in [5.41, 5.74) is 2.64. The molecule has 2 aliphatic heterocycles. The Labute approximate surface area is 165 Å². The number of piperidine rings is 1. The van der Waals surface area contributed by atoms with Crippen molar-refractivity contribution in [3.05, 3.63) is 17.5 Å². The van der Waals surface area contributed by atoms with Crippen LogP contribution in [-0.2, 0) is 13.1 Å². The van der Waals surface area contributed by atoms with E-state index in [1.165, 1.54) is 37.2 Å². The summed E-state index contributed by atoms with van der Waals surface area (Å²) in [6, 6.07) is 1.81. The number of hydrogen-bond donors (Lipinski definition) is 1. The summed E-state index contributed by atoms with van der Waals surface area (Å²) < 4.78 is 2.08. The highest BCUT2D eigenvalue weighted by Gasteiger charge is 2.34. The van der Waals surface area contributed by atoms with Crippen LogP contribution in [0.15, 0.2) is 6.20 Å². The SMILES string of the molecule is CCn1ncc(CN2CCN(C3CCN(C(C)C)CC3)C(CCO)C2)c1C. The molecule has 0 amide bonds. The molecule has 154 valence electrons. The van der Waals surface area contributed by atoms with Crippen molar-refractivity contribution < 1.29 is 5.11 Å². The van der Waals surface area contributed by atoms with Crippen molar-refractivity contribution in [3.63, 3.8) is 0 Å². The maximum absolute atomic E-state index is 9.64. The lowest BCUT2D eigenvalue weighted by Crippen LogP contribution is -2.58. The van der Waals surface area contributed by atoms with Gasteiger partial charge < -0.3 is 10.0 Å². The molecule has 2 saturated heterocycles. The van der Waals surface area contributed by atoms with Crippen molar-refractivity contribution in [1.29, 1.82) is 0 Å². The minimum Gasteiger partial charge on any atom is -0.396 e. The molecule has 0 radical (unpaired) electrons. The number of nitrogens with zero attached hydrogens (tertiary/aromatic N) is 5. The molecule has 1 aromatic heterocycles. The van der Waals surface area contributed by atoms with Gasteiger partial charge in [0.15, 0.2) is 0 Å². The predicted molar refractivity (Wildman–Crippen MR) is 110 cm³/mol. The van der Waals surface area contributed by atoms with Gasteiger partial charge in [0, 0.05) is 68.7 Å². The standard InChI is InChI=1S/C21H39N5O/c1-5-26-18(4)19(14-22-26)15-23-11-12-25(21(16-23)8-13-27)20-6-9-24(10-7-20)17(2)3/h14,17,20-21,27H,5-13,15-16H2,1-4H3. The van der Waals surface area contributed by atoms with Crippen molar-refractivity contribution in [2.45, 2.75) is 78.2 Å². The van der Waals surface area contributed by atoms with Gasteiger partial charge in [-0.2, -0.15) is 5.10 Å². The van der Waals surface area contributed by atoms with Gasteiger partial charge in [-0.3, -0.25) is 14.5 Å². The monoisotopic (exact) mass is 377 g/mol. The molecule has 3 rings (SSSR count). The van der Waals surface area contributed by atoms with Crippen LogP contribution in [0.4, 0.5) is 0 Å². The van der Waals surface area contributed by atoms with E-state index in [1.54, 1.807) is 0 Å². The molecule has 3 heterocycles. The molecular formula is C21H39N5O. The second-order valence-corrected chi connectivity index (χ2v) is 8.57. The van der Waals surface area contributed by atoms with Crippen LogP contribution in [0.1, 0.15) is 51.3 Å². The maximum Gasteiger partial charge on any atom is 0.0537 e. The van der Waals surface area contributed by atoms with Crippen molar-refractivity contribution >= 4 is 0 Å². The Hall–Kier alpha value is -0.950. The third kappa shape index (κ3) is 4.91. The van der Waals surface area contributed by atoms with Crippen LogP contribution in [0, 0.1) is 6.92 Å². The molecule has 0 bridgehead atoms. The average Bonchev–Trinajstić information content (AvgIpc) is 3.02. The molecule has 2 aliphatic rings. The summed E-state index contributed by atoms with van der Waals surface area (Å²) in [6.45, 7) is 16.8. The number of piperazine rings is 1. The second kappa shape index (κ2) is 9.50. The molecule has 1 atom stereocenters. The van der Waals surface area contributed by atoms with Gasteiger partial charge in [0.2, 0.25) is 0 Å². The van der Waals surface area contributed by atoms with E-state index in [2.05, 4.69) is 52.2 Å². The molecule has 0 aromatic carbocycles. The van der Waals surface area contributed by atoms with E-state index in [1.807, 2.05) is 6.20 Å². The van der Waals surface area contributed by atoms with Gasteiger partial charge in [-0.25, -0.2) is 0 Å². The van der Waals surface area contributed by atoms with Gasteiger partial charge in [0.25, 0.3) is 0 Å². The van der Waals surface area contributed by atoms with Crippen LogP contribution in [0.5, 0.6) is 0 Å². The van der Waals surface area contributed by atoms with Crippen LogP contribution in [0.2, 0.25) is 0 Å². The first-order valence-corrected chi connectivity index (χ1v) is 10.9. The van der Waals surface area contributed by atoms with Gasteiger partial charge in [-0.05, 0) is 60.0 Å². The molecule has 0 saturated carbocycles. The number of rotatable bonds is 7. The molecule has 27 heavy (non-hydrogen) atoms. The number of aryl methyl sites for hydroxylation is 1. The molecule has 6 heteroatoms. The summed E-state index contributed by atoms with van der Waals surface area (Å²) >= 11 is 0. The third-order valence-corrected chi connectivity index (χ3v) is 6.67. The number of aliphatic hydroxyl groups is 1. The number of hydrogen-bond acceptors (Lipinski definition) is 5. The van der Waals surface area contributed by atoms with Gasteiger partial charge in [-0.1, -0.05) is 0 Å². The predicted octanol–water partition coefficient (Wildman–Crippen LogP) is 1.95. The van der Waals surface area contributed by atoms with E-state index in [9.17, 15) is 5.11 Å². The molecule has 0 aliphatic carbocycles. The Morgan fingerprint density at radius 3 is 2.52 bits per heavy atom. The van der Waals surface area contributed by atoms with Gasteiger partial charge in [0.1, 0.15) is 0 Å². The zero-order valence-corrected chi connectivity index (χ0v) is 17.8. The number of likely N-dealkylation sites (tertiary alicyclic amines) is 1. The number of aliphatic hydroxyl groups excluding tert-OH is 1. The smallest absolute Gasteiger partial charge is 0.0537 e. The highest BCUT2D eigenvalue weighted by atomic mass is 16.3. The molecule has 2 fully saturated rings. The van der Waals surface area contributed by atoms with E-state index < -0.39 is 0 Å². The van der Waals surface area contributed by atoms with E-state index in [-0.39, 0.29) is 6.61 Å². The fraction of sp³-hybridized carbons (Fsp3) is 0.857. The largest absolute Gasteiger partial charge is 0.396 e. The van der Waals surface area contributed by atoms with Crippen LogP contribution in [-0.4, -0.2) is 87.0 Å². The molecular weight excluding hydrogens is 338 g/mol. The van der Waals surface area contributed by atoms with Gasteiger partial charge in [0.05, 0.1) is 6.20 Å². The first-order chi connectivity index (χ1) is 13.0. The van der Waals surface area contributed by atoms with E-state index in [0.717, 1.165) is 39.1 Å². The van der Waals surface area contributed by atoms with Crippen LogP contribution < -0.4 is 0 Å². The van der Waals surface area contributed by atoms with Crippen molar-refractivity contribution in [1.82, 2.24) is 24.5 Å². The molecule has 0 spiro atoms. The van der Waals surface area contributed by atoms with Crippen molar-refractivity contribution in [2.75, 3.05) is 39.3 Å². The molecule has 1 N–H and O–H groups in total. The van der Waals surface area contributed by atoms with E-state index in [4.69, 9.17) is 0 Å². The van der Waals surface area contributed by atoms with E-state index in [0.29, 0.717) is 18.1 Å². The minimum atomic E-state index is 0.284. The Bertz CT molecular complexity index is 579. The normalized spacial score (nSPS) is 24.1. The van der Waals surface area contributed by atoms with Crippen LogP contribution in [0.3, 0.4) is 0 Å².